The molecule has 0 amide bonds. The highest BCUT2D eigenvalue weighted by molar-refractivity contribution is 7.09. The molecule has 0 saturated heterocycles. The molecule has 1 aromatic rings. The van der Waals surface area contributed by atoms with Crippen molar-refractivity contribution in [1.82, 2.24) is 4.98 Å². The summed E-state index contributed by atoms with van der Waals surface area (Å²) in [6.45, 7) is 1.92. The van der Waals surface area contributed by atoms with Crippen LogP contribution in [0, 0.1) is 12.8 Å². The number of aromatic nitrogens is 1. The Balaban J connectivity index is 1.88. The van der Waals surface area contributed by atoms with Gasteiger partial charge >= 0.3 is 0 Å². The fourth-order valence-corrected chi connectivity index (χ4v) is 3.26. The van der Waals surface area contributed by atoms with Crippen molar-refractivity contribution in [2.45, 2.75) is 38.4 Å². The largest absolute Gasteiger partial charge is 0.496 e. The van der Waals surface area contributed by atoms with Crippen molar-refractivity contribution in [3.8, 4) is 0 Å². The Hall–Kier alpha value is -1.20. The smallest absolute Gasteiger partial charge is 0.174 e. The van der Waals surface area contributed by atoms with E-state index in [2.05, 4.69) is 4.98 Å². The van der Waals surface area contributed by atoms with Crippen LogP contribution in [0.1, 0.15) is 30.0 Å². The molecule has 3 unspecified atom stereocenters. The number of fused-ring (bicyclic) bond motifs is 1. The van der Waals surface area contributed by atoms with Gasteiger partial charge in [-0.2, -0.15) is 0 Å². The van der Waals surface area contributed by atoms with Crippen molar-refractivity contribution < 1.29 is 14.6 Å². The van der Waals surface area contributed by atoms with Gasteiger partial charge in [0.1, 0.15) is 6.10 Å². The predicted molar refractivity (Wildman–Crippen MR) is 68.1 cm³/mol. The number of thiazole rings is 1. The molecule has 4 nitrogen and oxygen atoms in total. The molecule has 5 heteroatoms. The van der Waals surface area contributed by atoms with Crippen LogP contribution in [0.15, 0.2) is 11.6 Å². The van der Waals surface area contributed by atoms with E-state index in [1.807, 2.05) is 12.3 Å². The topological polar surface area (TPSA) is 59.4 Å². The molecule has 2 heterocycles. The summed E-state index contributed by atoms with van der Waals surface area (Å²) in [5.41, 5.74) is 1.30. The van der Waals surface area contributed by atoms with Crippen molar-refractivity contribution in [3.63, 3.8) is 0 Å². The number of aryl methyl sites for hydroxylation is 1. The molecule has 0 bridgehead atoms. The van der Waals surface area contributed by atoms with E-state index in [-0.39, 0.29) is 23.9 Å². The van der Waals surface area contributed by atoms with E-state index in [1.54, 1.807) is 0 Å². The van der Waals surface area contributed by atoms with Crippen LogP contribution in [0.3, 0.4) is 0 Å². The highest BCUT2D eigenvalue weighted by Gasteiger charge is 2.40. The number of ether oxygens (including phenoxy) is 1. The Kier molecular flexibility index (Phi) is 2.95. The molecular formula is C13H15NO3S. The maximum absolute atomic E-state index is 12.4. The molecule has 0 radical (unpaired) electrons. The number of hydrogen-bond donors (Lipinski definition) is 1. The lowest BCUT2D eigenvalue weighted by atomic mass is 9.78. The van der Waals surface area contributed by atoms with Gasteiger partial charge in [-0.15, -0.1) is 11.3 Å². The maximum Gasteiger partial charge on any atom is 0.174 e. The molecule has 0 aromatic carbocycles. The van der Waals surface area contributed by atoms with E-state index < -0.39 is 0 Å². The van der Waals surface area contributed by atoms with Gasteiger partial charge in [-0.1, -0.05) is 0 Å². The minimum Gasteiger partial charge on any atom is -0.496 e. The van der Waals surface area contributed by atoms with Gasteiger partial charge in [0.25, 0.3) is 0 Å². The first-order chi connectivity index (χ1) is 8.65. The standard InChI is InChI=1S/C13H15NO3S/c1-7-14-11(6-18-7)10-5-17-12-4-8(15)2-3-9(12)13(10)16/h5-6,8-9,12,15H,2-4H2,1H3. The van der Waals surface area contributed by atoms with Crippen molar-refractivity contribution in [3.05, 3.63) is 22.3 Å². The van der Waals surface area contributed by atoms with Gasteiger partial charge in [0.15, 0.2) is 5.78 Å². The number of ketones is 1. The van der Waals surface area contributed by atoms with Crippen molar-refractivity contribution in [1.29, 1.82) is 0 Å². The van der Waals surface area contributed by atoms with E-state index in [0.717, 1.165) is 5.01 Å². The van der Waals surface area contributed by atoms with Crippen LogP contribution < -0.4 is 0 Å². The first kappa shape index (κ1) is 11.9. The fraction of sp³-hybridized carbons (Fsp3) is 0.538. The number of nitrogens with zero attached hydrogens (tertiary/aromatic N) is 1. The van der Waals surface area contributed by atoms with Crippen LogP contribution >= 0.6 is 11.3 Å². The minimum atomic E-state index is -0.337. The van der Waals surface area contributed by atoms with Crippen molar-refractivity contribution >= 4 is 22.7 Å². The van der Waals surface area contributed by atoms with Gasteiger partial charge in [-0.3, -0.25) is 4.79 Å². The summed E-state index contributed by atoms with van der Waals surface area (Å²) in [7, 11) is 0. The van der Waals surface area contributed by atoms with Crippen molar-refractivity contribution in [2.24, 2.45) is 5.92 Å². The van der Waals surface area contributed by atoms with Gasteiger partial charge in [-0.25, -0.2) is 4.98 Å². The maximum atomic E-state index is 12.4. The average Bonchev–Trinajstić information content (AvgIpc) is 2.76. The number of Topliss-reactive ketones (excluding diaryl/α,β-unsaturated/α-hetero) is 1. The van der Waals surface area contributed by atoms with Gasteiger partial charge in [0, 0.05) is 11.8 Å². The molecule has 1 fully saturated rings. The lowest BCUT2D eigenvalue weighted by Crippen LogP contribution is -2.40. The number of carbonyl (C=O) groups is 1. The molecule has 1 aliphatic heterocycles. The second-order valence-electron chi connectivity index (χ2n) is 4.90. The summed E-state index contributed by atoms with van der Waals surface area (Å²) in [5.74, 6) is -0.00106. The SMILES string of the molecule is Cc1nc(C2=COC3CC(O)CCC3C2=O)cs1. The lowest BCUT2D eigenvalue weighted by molar-refractivity contribution is -0.126. The molecule has 3 rings (SSSR count). The van der Waals surface area contributed by atoms with Crippen LogP contribution in [-0.2, 0) is 9.53 Å². The highest BCUT2D eigenvalue weighted by Crippen LogP contribution is 2.36. The molecular weight excluding hydrogens is 250 g/mol. The van der Waals surface area contributed by atoms with Gasteiger partial charge in [0.2, 0.25) is 0 Å². The van der Waals surface area contributed by atoms with Crippen LogP contribution in [0.25, 0.3) is 5.57 Å². The highest BCUT2D eigenvalue weighted by atomic mass is 32.1. The number of aliphatic hydroxyl groups excluding tert-OH is 1. The first-order valence-electron chi connectivity index (χ1n) is 6.15. The molecule has 3 atom stereocenters. The molecule has 1 aliphatic carbocycles. The van der Waals surface area contributed by atoms with Crippen LogP contribution in [0.5, 0.6) is 0 Å². The number of allylic oxidation sites excluding steroid dienone is 1. The van der Waals surface area contributed by atoms with Gasteiger partial charge in [-0.05, 0) is 19.8 Å². The molecule has 96 valence electrons. The third kappa shape index (κ3) is 1.97. The fourth-order valence-electron chi connectivity index (χ4n) is 2.65. The summed E-state index contributed by atoms with van der Waals surface area (Å²) >= 11 is 1.53. The summed E-state index contributed by atoms with van der Waals surface area (Å²) in [6, 6.07) is 0. The van der Waals surface area contributed by atoms with Crippen LogP contribution in [0.4, 0.5) is 0 Å². The summed E-state index contributed by atoms with van der Waals surface area (Å²) in [5, 5.41) is 12.4. The molecule has 1 aromatic heterocycles. The van der Waals surface area contributed by atoms with Crippen LogP contribution in [-0.4, -0.2) is 28.1 Å². The Labute approximate surface area is 109 Å². The zero-order valence-electron chi connectivity index (χ0n) is 10.1. The average molecular weight is 265 g/mol. The van der Waals surface area contributed by atoms with E-state index in [9.17, 15) is 9.90 Å². The first-order valence-corrected chi connectivity index (χ1v) is 7.03. The molecule has 0 spiro atoms. The van der Waals surface area contributed by atoms with Gasteiger partial charge < -0.3 is 9.84 Å². The molecule has 1 N–H and O–H groups in total. The quantitative estimate of drug-likeness (QED) is 0.842. The van der Waals surface area contributed by atoms with E-state index in [0.29, 0.717) is 30.5 Å². The summed E-state index contributed by atoms with van der Waals surface area (Å²) < 4.78 is 5.62. The number of rotatable bonds is 1. The van der Waals surface area contributed by atoms with E-state index >= 15 is 0 Å². The van der Waals surface area contributed by atoms with E-state index in [4.69, 9.17) is 4.74 Å². The Morgan fingerprint density at radius 3 is 3.06 bits per heavy atom. The number of carbonyl (C=O) groups excluding carboxylic acids is 1. The number of aliphatic hydroxyl groups is 1. The zero-order valence-corrected chi connectivity index (χ0v) is 10.9. The predicted octanol–water partition coefficient (Wildman–Crippen LogP) is 1.92. The lowest BCUT2D eigenvalue weighted by Gasteiger charge is -2.35. The Morgan fingerprint density at radius 2 is 2.33 bits per heavy atom. The van der Waals surface area contributed by atoms with E-state index in [1.165, 1.54) is 17.6 Å². The second kappa shape index (κ2) is 4.48. The molecule has 2 aliphatic rings. The summed E-state index contributed by atoms with van der Waals surface area (Å²) in [6.07, 6.45) is 2.96. The second-order valence-corrected chi connectivity index (χ2v) is 5.96. The molecule has 1 saturated carbocycles. The third-order valence-electron chi connectivity index (χ3n) is 3.62. The van der Waals surface area contributed by atoms with Crippen LogP contribution in [0.2, 0.25) is 0 Å². The normalized spacial score (nSPS) is 31.6. The Bertz CT molecular complexity index is 508. The Morgan fingerprint density at radius 1 is 1.50 bits per heavy atom. The van der Waals surface area contributed by atoms with Crippen molar-refractivity contribution in [2.75, 3.05) is 0 Å². The summed E-state index contributed by atoms with van der Waals surface area (Å²) in [4.78, 5) is 16.7. The number of hydrogen-bond acceptors (Lipinski definition) is 5. The third-order valence-corrected chi connectivity index (χ3v) is 4.40. The van der Waals surface area contributed by atoms with Gasteiger partial charge in [0.05, 0.1) is 34.6 Å². The zero-order chi connectivity index (χ0) is 12.7. The minimum absolute atomic E-state index is 0.114. The monoisotopic (exact) mass is 265 g/mol. The molecule has 18 heavy (non-hydrogen) atoms.